The molecule has 0 aromatic carbocycles. The monoisotopic (exact) mass is 570 g/mol. The van der Waals surface area contributed by atoms with E-state index in [4.69, 9.17) is 16.2 Å². The Balaban J connectivity index is 1.36. The molecule has 1 aliphatic heterocycles. The van der Waals surface area contributed by atoms with Crippen LogP contribution >= 0.6 is 34.0 Å². The number of amides is 1. The highest BCUT2D eigenvalue weighted by molar-refractivity contribution is 7.29. The average Bonchev–Trinajstić information content (AvgIpc) is 3.67. The van der Waals surface area contributed by atoms with E-state index in [-0.39, 0.29) is 22.5 Å². The van der Waals surface area contributed by atoms with Gasteiger partial charge in [-0.1, -0.05) is 11.3 Å². The molecule has 38 heavy (non-hydrogen) atoms. The SMILES string of the molecule is NCCNc1nc(Nc2cnc(-c3csc4c(=O)cc(N5CCOCC5)sc34)s2)c(C(N)=O)c2nncn12. The number of anilines is 4. The fraction of sp³-hybridized carbons (Fsp3) is 0.273. The van der Waals surface area contributed by atoms with Crippen molar-refractivity contribution in [3.05, 3.63) is 39.8 Å². The summed E-state index contributed by atoms with van der Waals surface area (Å²) in [6.45, 7) is 3.63. The summed E-state index contributed by atoms with van der Waals surface area (Å²) in [7, 11) is 0. The van der Waals surface area contributed by atoms with Crippen LogP contribution in [0.25, 0.3) is 25.6 Å². The second-order valence-electron chi connectivity index (χ2n) is 8.27. The Bertz CT molecular complexity index is 1700. The Morgan fingerprint density at radius 3 is 2.84 bits per heavy atom. The number of hydrogen-bond donors (Lipinski definition) is 4. The van der Waals surface area contributed by atoms with E-state index >= 15 is 0 Å². The molecule has 6 N–H and O–H groups in total. The Labute approximate surface area is 227 Å². The lowest BCUT2D eigenvalue weighted by Gasteiger charge is -2.28. The molecule has 6 heterocycles. The first-order chi connectivity index (χ1) is 18.5. The van der Waals surface area contributed by atoms with E-state index in [1.165, 1.54) is 29.0 Å². The molecule has 0 bridgehead atoms. The van der Waals surface area contributed by atoms with E-state index in [1.54, 1.807) is 28.0 Å². The van der Waals surface area contributed by atoms with E-state index < -0.39 is 5.91 Å². The third-order valence-electron chi connectivity index (χ3n) is 5.86. The second kappa shape index (κ2) is 10.2. The number of fused-ring (bicyclic) bond motifs is 2. The highest BCUT2D eigenvalue weighted by Gasteiger charge is 2.22. The average molecular weight is 571 g/mol. The zero-order chi connectivity index (χ0) is 26.2. The number of rotatable bonds is 8. The summed E-state index contributed by atoms with van der Waals surface area (Å²) >= 11 is 4.38. The normalized spacial score (nSPS) is 13.9. The molecule has 1 fully saturated rings. The molecule has 1 amide bonds. The zero-order valence-electron chi connectivity index (χ0n) is 19.8. The number of nitrogens with two attached hydrogens (primary N) is 2. The predicted molar refractivity (Wildman–Crippen MR) is 150 cm³/mol. The molecular weight excluding hydrogens is 549 g/mol. The number of thiophene rings is 1. The van der Waals surface area contributed by atoms with Gasteiger partial charge in [0, 0.05) is 43.2 Å². The van der Waals surface area contributed by atoms with Gasteiger partial charge in [0.2, 0.25) is 5.95 Å². The van der Waals surface area contributed by atoms with Crippen molar-refractivity contribution in [2.45, 2.75) is 0 Å². The number of ether oxygens (including phenoxy) is 1. The van der Waals surface area contributed by atoms with Crippen molar-refractivity contribution < 1.29 is 9.53 Å². The fourth-order valence-electron chi connectivity index (χ4n) is 4.10. The largest absolute Gasteiger partial charge is 0.378 e. The van der Waals surface area contributed by atoms with Gasteiger partial charge in [-0.05, 0) is 0 Å². The lowest BCUT2D eigenvalue weighted by molar-refractivity contribution is 0.100. The number of nitrogens with zero attached hydrogens (tertiary/aromatic N) is 6. The predicted octanol–water partition coefficient (Wildman–Crippen LogP) is 1.93. The first-order valence-electron chi connectivity index (χ1n) is 11.6. The van der Waals surface area contributed by atoms with Crippen LogP contribution in [0.15, 0.2) is 28.8 Å². The van der Waals surface area contributed by atoms with Crippen LogP contribution in [0.1, 0.15) is 10.4 Å². The third-order valence-corrected chi connectivity index (χ3v) is 9.14. The van der Waals surface area contributed by atoms with Crippen LogP contribution in [0.5, 0.6) is 0 Å². The van der Waals surface area contributed by atoms with Gasteiger partial charge in [-0.15, -0.1) is 32.9 Å². The van der Waals surface area contributed by atoms with E-state index in [0.717, 1.165) is 33.4 Å². The Hall–Kier alpha value is -3.70. The molecule has 0 spiro atoms. The summed E-state index contributed by atoms with van der Waals surface area (Å²) < 4.78 is 8.61. The molecule has 1 saturated heterocycles. The maximum absolute atomic E-state index is 12.9. The maximum atomic E-state index is 12.9. The number of carbonyl (C=O) groups is 1. The van der Waals surface area contributed by atoms with Crippen LogP contribution < -0.4 is 32.4 Å². The molecule has 1 aliphatic rings. The number of primary amides is 1. The van der Waals surface area contributed by atoms with Gasteiger partial charge in [0.05, 0.1) is 33.8 Å². The first-order valence-corrected chi connectivity index (χ1v) is 14.1. The van der Waals surface area contributed by atoms with Crippen molar-refractivity contribution in [3.63, 3.8) is 0 Å². The molecular formula is C22H22N10O3S3. The summed E-state index contributed by atoms with van der Waals surface area (Å²) in [5.74, 6) is -0.0588. The molecule has 0 radical (unpaired) electrons. The smallest absolute Gasteiger partial charge is 0.256 e. The van der Waals surface area contributed by atoms with E-state index in [2.05, 4.69) is 35.7 Å². The van der Waals surface area contributed by atoms with Crippen molar-refractivity contribution >= 4 is 76.7 Å². The van der Waals surface area contributed by atoms with Gasteiger partial charge in [0.15, 0.2) is 16.9 Å². The molecule has 5 aromatic rings. The zero-order valence-corrected chi connectivity index (χ0v) is 22.3. The summed E-state index contributed by atoms with van der Waals surface area (Å²) in [4.78, 5) is 36.6. The van der Waals surface area contributed by atoms with Gasteiger partial charge in [0.25, 0.3) is 5.91 Å². The number of thiazole rings is 1. The van der Waals surface area contributed by atoms with Crippen LogP contribution in [-0.2, 0) is 4.74 Å². The van der Waals surface area contributed by atoms with E-state index in [9.17, 15) is 9.59 Å². The third kappa shape index (κ3) is 4.45. The molecule has 196 valence electrons. The van der Waals surface area contributed by atoms with Gasteiger partial charge < -0.3 is 31.7 Å². The number of morpholine rings is 1. The van der Waals surface area contributed by atoms with Crippen molar-refractivity contribution in [3.8, 4) is 10.6 Å². The summed E-state index contributed by atoms with van der Waals surface area (Å²) in [5, 5.41) is 18.5. The minimum atomic E-state index is -0.697. The maximum Gasteiger partial charge on any atom is 0.256 e. The topological polar surface area (TPSA) is 179 Å². The number of carbonyl (C=O) groups excluding carboxylic acids is 1. The Morgan fingerprint density at radius 1 is 1.21 bits per heavy atom. The number of nitrogens with one attached hydrogen (secondary N) is 2. The summed E-state index contributed by atoms with van der Waals surface area (Å²) in [5.41, 5.74) is 12.6. The molecule has 13 nitrogen and oxygen atoms in total. The Kier molecular flexibility index (Phi) is 6.62. The van der Waals surface area contributed by atoms with Crippen molar-refractivity contribution in [1.29, 1.82) is 0 Å². The number of aromatic nitrogens is 5. The van der Waals surface area contributed by atoms with Crippen LogP contribution in [-0.4, -0.2) is 69.9 Å². The first kappa shape index (κ1) is 24.6. The lowest BCUT2D eigenvalue weighted by atomic mass is 10.2. The van der Waals surface area contributed by atoms with Crippen LogP contribution in [0.3, 0.4) is 0 Å². The van der Waals surface area contributed by atoms with Gasteiger partial charge in [0.1, 0.15) is 21.9 Å². The fourth-order valence-corrected chi connectivity index (χ4v) is 7.42. The molecule has 0 saturated carbocycles. The minimum absolute atomic E-state index is 0.000755. The molecule has 0 aliphatic carbocycles. The lowest BCUT2D eigenvalue weighted by Crippen LogP contribution is -2.36. The second-order valence-corrected chi connectivity index (χ2v) is 11.2. The van der Waals surface area contributed by atoms with E-state index in [0.29, 0.717) is 42.0 Å². The highest BCUT2D eigenvalue weighted by Crippen LogP contribution is 2.41. The molecule has 16 heteroatoms. The highest BCUT2D eigenvalue weighted by atomic mass is 32.1. The Morgan fingerprint density at radius 2 is 2.05 bits per heavy atom. The molecule has 6 rings (SSSR count). The van der Waals surface area contributed by atoms with Crippen LogP contribution in [0.4, 0.5) is 21.8 Å². The van der Waals surface area contributed by atoms with Crippen molar-refractivity contribution in [1.82, 2.24) is 24.6 Å². The van der Waals surface area contributed by atoms with E-state index in [1.807, 2.05) is 5.38 Å². The molecule has 0 unspecified atom stereocenters. The van der Waals surface area contributed by atoms with Gasteiger partial charge >= 0.3 is 0 Å². The molecule has 5 aromatic heterocycles. The van der Waals surface area contributed by atoms with Gasteiger partial charge in [-0.3, -0.25) is 14.0 Å². The van der Waals surface area contributed by atoms with Crippen LogP contribution in [0, 0.1) is 0 Å². The van der Waals surface area contributed by atoms with Crippen LogP contribution in [0.2, 0.25) is 0 Å². The van der Waals surface area contributed by atoms with Gasteiger partial charge in [-0.25, -0.2) is 4.98 Å². The standard InChI is InChI=1S/C22H22N10O3S3/c23-1-2-25-22-29-19(15(18(24)34)20-30-27-10-32(20)22)28-13-8-26-21(37-13)11-9-36-17-12(33)7-14(38-16(11)17)31-3-5-35-6-4-31/h7-10,28H,1-6,23H2,(H2,24,34)(H,25,29). The number of hydrogen-bond acceptors (Lipinski definition) is 14. The van der Waals surface area contributed by atoms with Crippen molar-refractivity contribution in [2.24, 2.45) is 11.5 Å². The summed E-state index contributed by atoms with van der Waals surface area (Å²) in [6.07, 6.45) is 3.10. The summed E-state index contributed by atoms with van der Waals surface area (Å²) in [6, 6.07) is 1.71. The van der Waals surface area contributed by atoms with Gasteiger partial charge in [-0.2, -0.15) is 4.98 Å². The van der Waals surface area contributed by atoms with Crippen molar-refractivity contribution in [2.75, 3.05) is 54.9 Å². The minimum Gasteiger partial charge on any atom is -0.378 e. The molecule has 0 atom stereocenters. The quantitative estimate of drug-likeness (QED) is 0.214.